The Kier molecular flexibility index (Phi) is 3.00. The van der Waals surface area contributed by atoms with Crippen molar-refractivity contribution in [1.82, 2.24) is 14.9 Å². The Labute approximate surface area is 97.3 Å². The summed E-state index contributed by atoms with van der Waals surface area (Å²) in [7, 11) is 0. The lowest BCUT2D eigenvalue weighted by atomic mass is 10.4. The first kappa shape index (κ1) is 10.8. The van der Waals surface area contributed by atoms with Crippen molar-refractivity contribution in [1.29, 1.82) is 0 Å². The third-order valence-corrected chi connectivity index (χ3v) is 3.14. The van der Waals surface area contributed by atoms with Crippen LogP contribution in [0.2, 0.25) is 0 Å². The average Bonchev–Trinajstić information content (AvgIpc) is 2.84. The maximum Gasteiger partial charge on any atom is 0.238 e. The van der Waals surface area contributed by atoms with Crippen LogP contribution in [-0.2, 0) is 11.3 Å². The molecule has 2 rings (SSSR count). The van der Waals surface area contributed by atoms with E-state index in [-0.39, 0.29) is 5.91 Å². The van der Waals surface area contributed by atoms with Gasteiger partial charge in [-0.1, -0.05) is 0 Å². The van der Waals surface area contributed by atoms with Gasteiger partial charge in [0.1, 0.15) is 12.7 Å². The molecule has 2 heterocycles. The first-order chi connectivity index (χ1) is 7.66. The lowest BCUT2D eigenvalue weighted by molar-refractivity contribution is -0.118. The summed E-state index contributed by atoms with van der Waals surface area (Å²) < 4.78 is 1.59. The fraction of sp³-hybridized carbons (Fsp3) is 0.300. The van der Waals surface area contributed by atoms with Gasteiger partial charge in [-0.2, -0.15) is 0 Å². The quantitative estimate of drug-likeness (QED) is 0.808. The summed E-state index contributed by atoms with van der Waals surface area (Å²) >= 11 is 1.68. The molecule has 0 aliphatic rings. The van der Waals surface area contributed by atoms with Gasteiger partial charge in [-0.3, -0.25) is 4.79 Å². The van der Waals surface area contributed by atoms with E-state index in [1.165, 1.54) is 24.5 Å². The average molecular weight is 236 g/mol. The van der Waals surface area contributed by atoms with E-state index in [2.05, 4.69) is 10.2 Å². The molecule has 2 aromatic rings. The van der Waals surface area contributed by atoms with Gasteiger partial charge in [-0.05, 0) is 19.1 Å². The van der Waals surface area contributed by atoms with E-state index in [1.54, 1.807) is 21.0 Å². The number of aromatic nitrogens is 3. The maximum absolute atomic E-state index is 11.5. The van der Waals surface area contributed by atoms with Crippen LogP contribution in [0.5, 0.6) is 0 Å². The maximum atomic E-state index is 11.5. The van der Waals surface area contributed by atoms with Crippen molar-refractivity contribution in [2.75, 3.05) is 5.01 Å². The van der Waals surface area contributed by atoms with Gasteiger partial charge < -0.3 is 0 Å². The van der Waals surface area contributed by atoms with Crippen LogP contribution >= 0.6 is 11.3 Å². The molecule has 16 heavy (non-hydrogen) atoms. The zero-order valence-corrected chi connectivity index (χ0v) is 9.94. The van der Waals surface area contributed by atoms with Gasteiger partial charge in [-0.15, -0.1) is 21.5 Å². The van der Waals surface area contributed by atoms with Crippen LogP contribution in [0.15, 0.2) is 24.8 Å². The van der Waals surface area contributed by atoms with E-state index in [0.717, 1.165) is 4.88 Å². The molecule has 6 heteroatoms. The zero-order chi connectivity index (χ0) is 11.5. The second kappa shape index (κ2) is 4.44. The Morgan fingerprint density at radius 2 is 2.12 bits per heavy atom. The fourth-order valence-electron chi connectivity index (χ4n) is 1.39. The molecular formula is C10H12N4OS. The number of nitrogens with zero attached hydrogens (tertiary/aromatic N) is 4. The minimum absolute atomic E-state index is 0.0362. The third-order valence-electron chi connectivity index (χ3n) is 2.15. The smallest absolute Gasteiger partial charge is 0.238 e. The van der Waals surface area contributed by atoms with Crippen LogP contribution in [0.25, 0.3) is 0 Å². The van der Waals surface area contributed by atoms with E-state index in [9.17, 15) is 4.79 Å². The van der Waals surface area contributed by atoms with Gasteiger partial charge >= 0.3 is 0 Å². The summed E-state index contributed by atoms with van der Waals surface area (Å²) in [6.45, 7) is 4.12. The second-order valence-electron chi connectivity index (χ2n) is 3.43. The third kappa shape index (κ3) is 2.27. The topological polar surface area (TPSA) is 51.0 Å². The number of carbonyl (C=O) groups is 1. The molecule has 0 aliphatic heterocycles. The first-order valence-electron chi connectivity index (χ1n) is 4.85. The summed E-state index contributed by atoms with van der Waals surface area (Å²) in [4.78, 5) is 13.9. The molecule has 1 amide bonds. The Morgan fingerprint density at radius 3 is 2.62 bits per heavy atom. The lowest BCUT2D eigenvalue weighted by Crippen LogP contribution is -2.37. The summed E-state index contributed by atoms with van der Waals surface area (Å²) in [5.74, 6) is -0.0362. The van der Waals surface area contributed by atoms with Gasteiger partial charge in [0.15, 0.2) is 0 Å². The van der Waals surface area contributed by atoms with Crippen LogP contribution in [0.3, 0.4) is 0 Å². The van der Waals surface area contributed by atoms with Crippen LogP contribution in [-0.4, -0.2) is 20.8 Å². The minimum atomic E-state index is -0.0362. The van der Waals surface area contributed by atoms with E-state index in [4.69, 9.17) is 0 Å². The van der Waals surface area contributed by atoms with Crippen LogP contribution < -0.4 is 5.01 Å². The number of hydrogen-bond donors (Lipinski definition) is 0. The van der Waals surface area contributed by atoms with Crippen LogP contribution in [0, 0.1) is 6.92 Å². The standard InChI is InChI=1S/C10H12N4OS/c1-8-3-4-10(16-8)5-14(9(2)15)13-6-11-12-7-13/h3-4,6-7H,5H2,1-2H3. The number of carbonyl (C=O) groups excluding carboxylic acids is 1. The lowest BCUT2D eigenvalue weighted by Gasteiger charge is -2.19. The Balaban J connectivity index is 2.19. The summed E-state index contributed by atoms with van der Waals surface area (Å²) in [5.41, 5.74) is 0. The second-order valence-corrected chi connectivity index (χ2v) is 4.80. The number of amides is 1. The normalized spacial score (nSPS) is 10.4. The number of rotatable bonds is 3. The predicted molar refractivity (Wildman–Crippen MR) is 61.7 cm³/mol. The fourth-order valence-corrected chi connectivity index (χ4v) is 2.27. The van der Waals surface area contributed by atoms with Crippen molar-refractivity contribution in [2.24, 2.45) is 0 Å². The van der Waals surface area contributed by atoms with Crippen LogP contribution in [0.1, 0.15) is 16.7 Å². The molecule has 0 saturated carbocycles. The molecule has 0 radical (unpaired) electrons. The monoisotopic (exact) mass is 236 g/mol. The Bertz CT molecular complexity index is 477. The minimum Gasteiger partial charge on any atom is -0.273 e. The van der Waals surface area contributed by atoms with Gasteiger partial charge in [0.2, 0.25) is 5.91 Å². The molecule has 84 valence electrons. The van der Waals surface area contributed by atoms with Crippen molar-refractivity contribution in [3.8, 4) is 0 Å². The SMILES string of the molecule is CC(=O)N(Cc1ccc(C)s1)n1cnnc1. The number of thiophene rings is 1. The Hall–Kier alpha value is -1.69. The molecule has 2 aromatic heterocycles. The molecule has 0 aliphatic carbocycles. The van der Waals surface area contributed by atoms with Gasteiger partial charge in [0.05, 0.1) is 6.54 Å². The van der Waals surface area contributed by atoms with E-state index in [0.29, 0.717) is 6.54 Å². The molecule has 0 N–H and O–H groups in total. The summed E-state index contributed by atoms with van der Waals surface area (Å²) in [6, 6.07) is 4.07. The highest BCUT2D eigenvalue weighted by atomic mass is 32.1. The highest BCUT2D eigenvalue weighted by Crippen LogP contribution is 2.16. The van der Waals surface area contributed by atoms with E-state index < -0.39 is 0 Å². The Morgan fingerprint density at radius 1 is 1.44 bits per heavy atom. The molecule has 0 spiro atoms. The van der Waals surface area contributed by atoms with E-state index >= 15 is 0 Å². The molecule has 0 atom stereocenters. The van der Waals surface area contributed by atoms with Crippen molar-refractivity contribution >= 4 is 17.2 Å². The van der Waals surface area contributed by atoms with Gasteiger partial charge in [0.25, 0.3) is 0 Å². The first-order valence-corrected chi connectivity index (χ1v) is 5.67. The highest BCUT2D eigenvalue weighted by Gasteiger charge is 2.12. The highest BCUT2D eigenvalue weighted by molar-refractivity contribution is 7.11. The van der Waals surface area contributed by atoms with Crippen molar-refractivity contribution in [2.45, 2.75) is 20.4 Å². The summed E-state index contributed by atoms with van der Waals surface area (Å²) in [6.07, 6.45) is 3.03. The largest absolute Gasteiger partial charge is 0.273 e. The van der Waals surface area contributed by atoms with E-state index in [1.807, 2.05) is 19.1 Å². The molecule has 0 saturated heterocycles. The van der Waals surface area contributed by atoms with Crippen molar-refractivity contribution in [3.05, 3.63) is 34.5 Å². The molecule has 0 fully saturated rings. The van der Waals surface area contributed by atoms with Gasteiger partial charge in [0, 0.05) is 16.7 Å². The predicted octanol–water partition coefficient (Wildman–Crippen LogP) is 1.33. The van der Waals surface area contributed by atoms with Gasteiger partial charge in [-0.25, -0.2) is 9.69 Å². The zero-order valence-electron chi connectivity index (χ0n) is 9.12. The van der Waals surface area contributed by atoms with Crippen molar-refractivity contribution in [3.63, 3.8) is 0 Å². The number of aryl methyl sites for hydroxylation is 1. The molecule has 5 nitrogen and oxygen atoms in total. The van der Waals surface area contributed by atoms with Crippen LogP contribution in [0.4, 0.5) is 0 Å². The molecule has 0 bridgehead atoms. The molecule has 0 aromatic carbocycles. The van der Waals surface area contributed by atoms with Crippen molar-refractivity contribution < 1.29 is 4.79 Å². The molecular weight excluding hydrogens is 224 g/mol. The molecule has 0 unspecified atom stereocenters. The summed E-state index contributed by atoms with van der Waals surface area (Å²) in [5, 5.41) is 8.98. The number of hydrogen-bond acceptors (Lipinski definition) is 4.